The molecule has 1 heterocycles. The minimum absolute atomic E-state index is 0.150. The highest BCUT2D eigenvalue weighted by Gasteiger charge is 2.60. The molecule has 3 aliphatic rings. The van der Waals surface area contributed by atoms with Crippen molar-refractivity contribution in [1.82, 2.24) is 0 Å². The molecule has 2 saturated carbocycles. The minimum atomic E-state index is -0.150. The monoisotopic (exact) mass is 180 g/mol. The highest BCUT2D eigenvalue weighted by Crippen LogP contribution is 2.59. The molecule has 1 saturated heterocycles. The zero-order chi connectivity index (χ0) is 8.89. The van der Waals surface area contributed by atoms with Crippen molar-refractivity contribution in [2.75, 3.05) is 13.2 Å². The fourth-order valence-corrected chi connectivity index (χ4v) is 3.28. The van der Waals surface area contributed by atoms with Gasteiger partial charge in [-0.15, -0.1) is 6.58 Å². The van der Waals surface area contributed by atoms with Crippen molar-refractivity contribution in [3.05, 3.63) is 12.7 Å². The summed E-state index contributed by atoms with van der Waals surface area (Å²) in [6, 6.07) is 0. The van der Waals surface area contributed by atoms with Gasteiger partial charge in [-0.1, -0.05) is 6.08 Å². The van der Waals surface area contributed by atoms with Crippen LogP contribution < -0.4 is 0 Å². The van der Waals surface area contributed by atoms with Gasteiger partial charge in [-0.25, -0.2) is 0 Å². The molecule has 0 radical (unpaired) electrons. The molecule has 2 aliphatic carbocycles. The quantitative estimate of drug-likeness (QED) is 0.574. The molecule has 2 nitrogen and oxygen atoms in total. The SMILES string of the molecule is C=C[C@@H]1C[C@@H]2CC3(OCCO3)[C@@H]2C1. The Balaban J connectivity index is 1.75. The van der Waals surface area contributed by atoms with Crippen molar-refractivity contribution in [3.63, 3.8) is 0 Å². The van der Waals surface area contributed by atoms with E-state index < -0.39 is 0 Å². The minimum Gasteiger partial charge on any atom is -0.347 e. The highest BCUT2D eigenvalue weighted by molar-refractivity contribution is 5.07. The van der Waals surface area contributed by atoms with Crippen molar-refractivity contribution in [1.29, 1.82) is 0 Å². The Labute approximate surface area is 78.9 Å². The average Bonchev–Trinajstić information content (AvgIpc) is 2.69. The zero-order valence-electron chi connectivity index (χ0n) is 7.87. The van der Waals surface area contributed by atoms with Crippen LogP contribution in [0, 0.1) is 17.8 Å². The lowest BCUT2D eigenvalue weighted by atomic mass is 9.70. The average molecular weight is 180 g/mol. The number of allylic oxidation sites excluding steroid dienone is 1. The molecular weight excluding hydrogens is 164 g/mol. The third-order valence-electron chi connectivity index (χ3n) is 3.95. The smallest absolute Gasteiger partial charge is 0.171 e. The number of fused-ring (bicyclic) bond motifs is 2. The zero-order valence-corrected chi connectivity index (χ0v) is 7.87. The summed E-state index contributed by atoms with van der Waals surface area (Å²) in [7, 11) is 0. The van der Waals surface area contributed by atoms with Crippen LogP contribution in [0.2, 0.25) is 0 Å². The molecule has 0 unspecified atom stereocenters. The maximum Gasteiger partial charge on any atom is 0.171 e. The highest BCUT2D eigenvalue weighted by atomic mass is 16.7. The molecule has 0 N–H and O–H groups in total. The third kappa shape index (κ3) is 0.960. The summed E-state index contributed by atoms with van der Waals surface area (Å²) in [4.78, 5) is 0. The van der Waals surface area contributed by atoms with Gasteiger partial charge in [0.05, 0.1) is 13.2 Å². The molecule has 3 fully saturated rings. The largest absolute Gasteiger partial charge is 0.347 e. The standard InChI is InChI=1S/C11H16O2/c1-2-8-5-9-7-11(10(9)6-8)12-3-4-13-11/h2,8-10H,1,3-7H2/t8-,9-,10-/m1/s1. The van der Waals surface area contributed by atoms with E-state index in [1.165, 1.54) is 12.8 Å². The predicted octanol–water partition coefficient (Wildman–Crippen LogP) is 1.96. The summed E-state index contributed by atoms with van der Waals surface area (Å²) in [5.41, 5.74) is 0. The molecule has 0 amide bonds. The second kappa shape index (κ2) is 2.58. The molecule has 0 bridgehead atoms. The molecule has 2 heteroatoms. The van der Waals surface area contributed by atoms with Gasteiger partial charge in [0.1, 0.15) is 0 Å². The molecule has 3 rings (SSSR count). The van der Waals surface area contributed by atoms with E-state index in [4.69, 9.17) is 9.47 Å². The van der Waals surface area contributed by atoms with Crippen LogP contribution in [-0.4, -0.2) is 19.0 Å². The van der Waals surface area contributed by atoms with E-state index in [1.807, 2.05) is 0 Å². The van der Waals surface area contributed by atoms with Gasteiger partial charge in [-0.2, -0.15) is 0 Å². The van der Waals surface area contributed by atoms with Crippen molar-refractivity contribution in [2.24, 2.45) is 17.8 Å². The lowest BCUT2D eigenvalue weighted by molar-refractivity contribution is -0.267. The maximum absolute atomic E-state index is 5.73. The molecule has 0 aromatic rings. The first-order valence-electron chi connectivity index (χ1n) is 5.24. The third-order valence-corrected chi connectivity index (χ3v) is 3.95. The van der Waals surface area contributed by atoms with Gasteiger partial charge in [0, 0.05) is 12.3 Å². The van der Waals surface area contributed by atoms with Gasteiger partial charge in [0.25, 0.3) is 0 Å². The van der Waals surface area contributed by atoms with E-state index in [0.717, 1.165) is 25.6 Å². The van der Waals surface area contributed by atoms with Crippen molar-refractivity contribution >= 4 is 0 Å². The van der Waals surface area contributed by atoms with E-state index >= 15 is 0 Å². The van der Waals surface area contributed by atoms with Gasteiger partial charge in [-0.3, -0.25) is 0 Å². The van der Waals surface area contributed by atoms with Gasteiger partial charge >= 0.3 is 0 Å². The Bertz CT molecular complexity index is 230. The van der Waals surface area contributed by atoms with Gasteiger partial charge in [0.2, 0.25) is 0 Å². The van der Waals surface area contributed by atoms with Crippen LogP contribution in [0.5, 0.6) is 0 Å². The molecule has 13 heavy (non-hydrogen) atoms. The van der Waals surface area contributed by atoms with E-state index in [9.17, 15) is 0 Å². The summed E-state index contributed by atoms with van der Waals surface area (Å²) < 4.78 is 11.5. The molecule has 0 aromatic heterocycles. The Morgan fingerprint density at radius 3 is 2.69 bits per heavy atom. The van der Waals surface area contributed by atoms with Crippen LogP contribution in [0.1, 0.15) is 19.3 Å². The van der Waals surface area contributed by atoms with Crippen LogP contribution in [0.3, 0.4) is 0 Å². The second-order valence-electron chi connectivity index (χ2n) is 4.55. The normalized spacial score (nSPS) is 46.0. The van der Waals surface area contributed by atoms with Crippen LogP contribution in [0.15, 0.2) is 12.7 Å². The van der Waals surface area contributed by atoms with E-state index in [0.29, 0.717) is 11.8 Å². The second-order valence-corrected chi connectivity index (χ2v) is 4.55. The van der Waals surface area contributed by atoms with Gasteiger partial charge in [0.15, 0.2) is 5.79 Å². The van der Waals surface area contributed by atoms with Crippen LogP contribution in [0.4, 0.5) is 0 Å². The van der Waals surface area contributed by atoms with E-state index in [1.54, 1.807) is 0 Å². The first-order chi connectivity index (χ1) is 6.34. The molecule has 72 valence electrons. The first-order valence-corrected chi connectivity index (χ1v) is 5.24. The first kappa shape index (κ1) is 8.01. The fraction of sp³-hybridized carbons (Fsp3) is 0.818. The van der Waals surface area contributed by atoms with Crippen molar-refractivity contribution in [2.45, 2.75) is 25.0 Å². The Kier molecular flexibility index (Phi) is 1.59. The maximum atomic E-state index is 5.73. The van der Waals surface area contributed by atoms with Crippen LogP contribution in [0.25, 0.3) is 0 Å². The van der Waals surface area contributed by atoms with Crippen LogP contribution in [-0.2, 0) is 9.47 Å². The topological polar surface area (TPSA) is 18.5 Å². The van der Waals surface area contributed by atoms with Gasteiger partial charge in [-0.05, 0) is 24.7 Å². The molecule has 0 aromatic carbocycles. The number of hydrogen-bond donors (Lipinski definition) is 0. The number of rotatable bonds is 1. The van der Waals surface area contributed by atoms with Crippen LogP contribution >= 0.6 is 0 Å². The lowest BCUT2D eigenvalue weighted by Crippen LogP contribution is -2.52. The summed E-state index contributed by atoms with van der Waals surface area (Å²) in [5.74, 6) is 2.07. The van der Waals surface area contributed by atoms with Crippen molar-refractivity contribution in [3.8, 4) is 0 Å². The van der Waals surface area contributed by atoms with Gasteiger partial charge < -0.3 is 9.47 Å². The fourth-order valence-electron chi connectivity index (χ4n) is 3.28. The summed E-state index contributed by atoms with van der Waals surface area (Å²) in [6.45, 7) is 5.46. The summed E-state index contributed by atoms with van der Waals surface area (Å²) in [6.07, 6.45) is 5.76. The molecular formula is C11H16O2. The summed E-state index contributed by atoms with van der Waals surface area (Å²) >= 11 is 0. The Hall–Kier alpha value is -0.340. The summed E-state index contributed by atoms with van der Waals surface area (Å²) in [5, 5.41) is 0. The number of hydrogen-bond acceptors (Lipinski definition) is 2. The molecule has 1 spiro atoms. The van der Waals surface area contributed by atoms with Crippen molar-refractivity contribution < 1.29 is 9.47 Å². The lowest BCUT2D eigenvalue weighted by Gasteiger charge is -2.47. The Morgan fingerprint density at radius 2 is 2.00 bits per heavy atom. The molecule has 3 atom stereocenters. The molecule has 1 aliphatic heterocycles. The van der Waals surface area contributed by atoms with E-state index in [2.05, 4.69) is 12.7 Å². The Morgan fingerprint density at radius 1 is 1.23 bits per heavy atom. The van der Waals surface area contributed by atoms with E-state index in [-0.39, 0.29) is 5.79 Å². The number of ether oxygens (including phenoxy) is 2. The predicted molar refractivity (Wildman–Crippen MR) is 49.2 cm³/mol.